The summed E-state index contributed by atoms with van der Waals surface area (Å²) in [6.45, 7) is 1.49. The highest BCUT2D eigenvalue weighted by Gasteiger charge is 2.06. The Morgan fingerprint density at radius 3 is 2.67 bits per heavy atom. The Hall–Kier alpha value is -1.38. The number of hydrogen-bond donors (Lipinski definition) is 1. The van der Waals surface area contributed by atoms with E-state index >= 15 is 0 Å². The second-order valence-electron chi connectivity index (χ2n) is 2.71. The van der Waals surface area contributed by atoms with Gasteiger partial charge in [-0.2, -0.15) is 0 Å². The molecule has 1 aromatic heterocycles. The van der Waals surface area contributed by atoms with E-state index in [2.05, 4.69) is 4.98 Å². The maximum absolute atomic E-state index is 11.2. The van der Waals surface area contributed by atoms with Crippen molar-refractivity contribution in [3.8, 4) is 0 Å². The third-order valence-electron chi connectivity index (χ3n) is 1.60. The molecule has 0 bridgehead atoms. The maximum Gasteiger partial charge on any atom is 0.179 e. The lowest BCUT2D eigenvalue weighted by molar-refractivity contribution is -0.116. The Balaban J connectivity index is 2.45. The van der Waals surface area contributed by atoms with E-state index in [0.29, 0.717) is 18.5 Å². The summed E-state index contributed by atoms with van der Waals surface area (Å²) in [5.74, 6) is 0.0464. The van der Waals surface area contributed by atoms with E-state index in [1.807, 2.05) is 0 Å². The normalized spacial score (nSPS) is 9.75. The maximum atomic E-state index is 11.2. The van der Waals surface area contributed by atoms with Crippen LogP contribution in [0.25, 0.3) is 0 Å². The molecule has 0 unspecified atom stereocenters. The van der Waals surface area contributed by atoms with Crippen LogP contribution in [0.15, 0.2) is 18.3 Å². The number of aromatic amines is 1. The summed E-state index contributed by atoms with van der Waals surface area (Å²) in [6.07, 6.45) is 2.33. The van der Waals surface area contributed by atoms with E-state index in [0.717, 1.165) is 0 Å². The predicted molar refractivity (Wildman–Crippen MR) is 45.0 cm³/mol. The fraction of sp³-hybridized carbons (Fsp3) is 0.333. The van der Waals surface area contributed by atoms with Crippen molar-refractivity contribution in [3.05, 3.63) is 24.0 Å². The number of ketones is 2. The van der Waals surface area contributed by atoms with Gasteiger partial charge in [-0.05, 0) is 19.1 Å². The second-order valence-corrected chi connectivity index (χ2v) is 2.71. The minimum atomic E-state index is -0.00444. The van der Waals surface area contributed by atoms with Crippen LogP contribution in [0.1, 0.15) is 30.3 Å². The summed E-state index contributed by atoms with van der Waals surface area (Å²) < 4.78 is 0. The summed E-state index contributed by atoms with van der Waals surface area (Å²) in [6, 6.07) is 3.48. The van der Waals surface area contributed by atoms with Crippen LogP contribution in [0.5, 0.6) is 0 Å². The number of H-pyrrole nitrogens is 1. The highest BCUT2D eigenvalue weighted by molar-refractivity contribution is 5.96. The minimum Gasteiger partial charge on any atom is -0.359 e. The molecule has 1 aromatic rings. The van der Waals surface area contributed by atoms with E-state index in [4.69, 9.17) is 0 Å². The summed E-state index contributed by atoms with van der Waals surface area (Å²) in [4.78, 5) is 24.6. The van der Waals surface area contributed by atoms with Gasteiger partial charge in [-0.25, -0.2) is 0 Å². The molecule has 3 nitrogen and oxygen atoms in total. The van der Waals surface area contributed by atoms with E-state index in [1.165, 1.54) is 6.92 Å². The number of rotatable bonds is 4. The lowest BCUT2D eigenvalue weighted by atomic mass is 10.1. The lowest BCUT2D eigenvalue weighted by Gasteiger charge is -1.94. The standard InChI is InChI=1S/C9H11NO2/c1-7(11)4-5-9(12)8-3-2-6-10-8/h2-3,6,10H,4-5H2,1H3. The second kappa shape index (κ2) is 3.85. The monoisotopic (exact) mass is 165 g/mol. The van der Waals surface area contributed by atoms with Crippen LogP contribution in [0.2, 0.25) is 0 Å². The Morgan fingerprint density at radius 2 is 2.17 bits per heavy atom. The van der Waals surface area contributed by atoms with Crippen molar-refractivity contribution < 1.29 is 9.59 Å². The highest BCUT2D eigenvalue weighted by atomic mass is 16.1. The molecule has 0 atom stereocenters. The van der Waals surface area contributed by atoms with Gasteiger partial charge in [-0.15, -0.1) is 0 Å². The number of carbonyl (C=O) groups excluding carboxylic acids is 2. The molecule has 0 amide bonds. The molecule has 0 radical (unpaired) electrons. The summed E-state index contributed by atoms with van der Waals surface area (Å²) >= 11 is 0. The van der Waals surface area contributed by atoms with Crippen molar-refractivity contribution >= 4 is 11.6 Å². The Kier molecular flexibility index (Phi) is 2.80. The molecule has 1 N–H and O–H groups in total. The molecule has 0 aromatic carbocycles. The van der Waals surface area contributed by atoms with Crippen LogP contribution in [0, 0.1) is 0 Å². The van der Waals surface area contributed by atoms with Gasteiger partial charge >= 0.3 is 0 Å². The quantitative estimate of drug-likeness (QED) is 0.688. The van der Waals surface area contributed by atoms with Crippen LogP contribution in [-0.2, 0) is 4.79 Å². The van der Waals surface area contributed by atoms with Gasteiger partial charge in [0.05, 0.1) is 5.69 Å². The summed E-state index contributed by atoms with van der Waals surface area (Å²) in [5, 5.41) is 0. The largest absolute Gasteiger partial charge is 0.359 e. The molecule has 64 valence electrons. The van der Waals surface area contributed by atoms with Gasteiger partial charge in [0.1, 0.15) is 5.78 Å². The molecule has 0 aliphatic carbocycles. The SMILES string of the molecule is CC(=O)CCC(=O)c1ccc[nH]1. The number of hydrogen-bond acceptors (Lipinski definition) is 2. The van der Waals surface area contributed by atoms with Gasteiger partial charge < -0.3 is 9.78 Å². The van der Waals surface area contributed by atoms with Gasteiger partial charge in [0.2, 0.25) is 0 Å². The molecule has 0 aliphatic heterocycles. The van der Waals surface area contributed by atoms with Gasteiger partial charge in [0.25, 0.3) is 0 Å². The molecule has 0 spiro atoms. The first-order valence-corrected chi connectivity index (χ1v) is 3.86. The van der Waals surface area contributed by atoms with Crippen molar-refractivity contribution in [1.82, 2.24) is 4.98 Å². The average Bonchev–Trinajstić information content (AvgIpc) is 2.51. The fourth-order valence-corrected chi connectivity index (χ4v) is 0.928. The minimum absolute atomic E-state index is 0.00444. The molecule has 1 rings (SSSR count). The van der Waals surface area contributed by atoms with Crippen molar-refractivity contribution in [2.45, 2.75) is 19.8 Å². The lowest BCUT2D eigenvalue weighted by Crippen LogP contribution is -2.02. The first-order chi connectivity index (χ1) is 5.70. The molecule has 1 heterocycles. The average molecular weight is 165 g/mol. The molecule has 12 heavy (non-hydrogen) atoms. The molecular weight excluding hydrogens is 154 g/mol. The van der Waals surface area contributed by atoms with E-state index in [1.54, 1.807) is 18.3 Å². The van der Waals surface area contributed by atoms with Crippen LogP contribution in [0.3, 0.4) is 0 Å². The third-order valence-corrected chi connectivity index (χ3v) is 1.60. The summed E-state index contributed by atoms with van der Waals surface area (Å²) in [5.41, 5.74) is 0.580. The number of aromatic nitrogens is 1. The van der Waals surface area contributed by atoms with E-state index < -0.39 is 0 Å². The Bertz CT molecular complexity index is 275. The van der Waals surface area contributed by atoms with Crippen LogP contribution < -0.4 is 0 Å². The first-order valence-electron chi connectivity index (χ1n) is 3.86. The molecule has 0 fully saturated rings. The zero-order valence-corrected chi connectivity index (χ0v) is 6.96. The van der Waals surface area contributed by atoms with Crippen LogP contribution >= 0.6 is 0 Å². The molecule has 0 saturated heterocycles. The van der Waals surface area contributed by atoms with Crippen molar-refractivity contribution in [1.29, 1.82) is 0 Å². The van der Waals surface area contributed by atoms with Gasteiger partial charge in [-0.1, -0.05) is 0 Å². The number of carbonyl (C=O) groups is 2. The highest BCUT2D eigenvalue weighted by Crippen LogP contribution is 2.02. The van der Waals surface area contributed by atoms with Crippen molar-refractivity contribution in [2.24, 2.45) is 0 Å². The first kappa shape index (κ1) is 8.71. The smallest absolute Gasteiger partial charge is 0.179 e. The number of nitrogens with one attached hydrogen (secondary N) is 1. The van der Waals surface area contributed by atoms with Gasteiger partial charge in [0, 0.05) is 19.0 Å². The molecule has 3 heteroatoms. The van der Waals surface area contributed by atoms with Gasteiger partial charge in [-0.3, -0.25) is 4.79 Å². The topological polar surface area (TPSA) is 49.9 Å². The predicted octanol–water partition coefficient (Wildman–Crippen LogP) is 1.57. The fourth-order valence-electron chi connectivity index (χ4n) is 0.928. The van der Waals surface area contributed by atoms with Gasteiger partial charge in [0.15, 0.2) is 5.78 Å². The van der Waals surface area contributed by atoms with Crippen LogP contribution in [0.4, 0.5) is 0 Å². The Morgan fingerprint density at radius 1 is 1.42 bits per heavy atom. The van der Waals surface area contributed by atoms with Crippen molar-refractivity contribution in [2.75, 3.05) is 0 Å². The van der Waals surface area contributed by atoms with E-state index in [-0.39, 0.29) is 11.6 Å². The Labute approximate surface area is 70.8 Å². The van der Waals surface area contributed by atoms with E-state index in [9.17, 15) is 9.59 Å². The molecule has 0 saturated carbocycles. The molecular formula is C9H11NO2. The van der Waals surface area contributed by atoms with Crippen LogP contribution in [-0.4, -0.2) is 16.6 Å². The zero-order chi connectivity index (χ0) is 8.97. The molecule has 0 aliphatic rings. The number of Topliss-reactive ketones (excluding diaryl/α,β-unsaturated/α-hetero) is 2. The summed E-state index contributed by atoms with van der Waals surface area (Å²) in [7, 11) is 0. The third kappa shape index (κ3) is 2.34. The van der Waals surface area contributed by atoms with Crippen molar-refractivity contribution in [3.63, 3.8) is 0 Å². The zero-order valence-electron chi connectivity index (χ0n) is 6.96.